The van der Waals surface area contributed by atoms with Crippen molar-refractivity contribution in [3.63, 3.8) is 0 Å². The Balaban J connectivity index is 1.95. The number of aliphatic carboxylic acids is 1. The van der Waals surface area contributed by atoms with Crippen molar-refractivity contribution in [2.24, 2.45) is 5.92 Å². The van der Waals surface area contributed by atoms with Crippen molar-refractivity contribution in [1.82, 2.24) is 4.90 Å². The molecule has 5 heteroatoms. The fraction of sp³-hybridized carbons (Fsp3) is 0.562. The van der Waals surface area contributed by atoms with Gasteiger partial charge in [-0.25, -0.2) is 4.39 Å². The van der Waals surface area contributed by atoms with Crippen LogP contribution in [0.4, 0.5) is 4.39 Å². The number of aliphatic hydroxyl groups is 1. The van der Waals surface area contributed by atoms with E-state index in [4.69, 9.17) is 0 Å². The molecule has 2 aliphatic heterocycles. The summed E-state index contributed by atoms with van der Waals surface area (Å²) in [7, 11) is 0. The maximum absolute atomic E-state index is 13.1. The zero-order chi connectivity index (χ0) is 15.1. The van der Waals surface area contributed by atoms with E-state index in [1.54, 1.807) is 12.1 Å². The van der Waals surface area contributed by atoms with Gasteiger partial charge in [0.1, 0.15) is 11.9 Å². The van der Waals surface area contributed by atoms with Crippen molar-refractivity contribution in [3.05, 3.63) is 35.6 Å². The van der Waals surface area contributed by atoms with Gasteiger partial charge in [0, 0.05) is 12.1 Å². The first-order valence-corrected chi connectivity index (χ1v) is 7.43. The minimum Gasteiger partial charge on any atom is -0.480 e. The first-order chi connectivity index (χ1) is 9.99. The van der Waals surface area contributed by atoms with Crippen molar-refractivity contribution in [2.45, 2.75) is 50.4 Å². The number of nitrogens with zero attached hydrogens (tertiary/aromatic N) is 1. The molecule has 5 unspecified atom stereocenters. The van der Waals surface area contributed by atoms with Crippen molar-refractivity contribution in [1.29, 1.82) is 0 Å². The van der Waals surface area contributed by atoms with Crippen LogP contribution in [-0.4, -0.2) is 39.3 Å². The second-order valence-electron chi connectivity index (χ2n) is 6.20. The topological polar surface area (TPSA) is 60.8 Å². The highest BCUT2D eigenvalue weighted by Gasteiger charge is 2.49. The number of carboxylic acids is 1. The molecule has 114 valence electrons. The summed E-state index contributed by atoms with van der Waals surface area (Å²) in [5.74, 6) is -1.22. The molecule has 0 spiro atoms. The van der Waals surface area contributed by atoms with Crippen LogP contribution in [0.15, 0.2) is 24.3 Å². The molecule has 0 radical (unpaired) electrons. The minimum atomic E-state index is -0.915. The summed E-state index contributed by atoms with van der Waals surface area (Å²) in [6.07, 6.45) is 2.08. The molecule has 1 aromatic carbocycles. The highest BCUT2D eigenvalue weighted by atomic mass is 19.1. The maximum Gasteiger partial charge on any atom is 0.325 e. The van der Waals surface area contributed by atoms with Gasteiger partial charge in [-0.2, -0.15) is 0 Å². The van der Waals surface area contributed by atoms with Crippen LogP contribution in [0.5, 0.6) is 0 Å². The Morgan fingerprint density at radius 1 is 1.33 bits per heavy atom. The van der Waals surface area contributed by atoms with E-state index in [0.29, 0.717) is 12.0 Å². The Kier molecular flexibility index (Phi) is 3.71. The Morgan fingerprint density at radius 2 is 2.00 bits per heavy atom. The fourth-order valence-corrected chi connectivity index (χ4v) is 3.95. The third-order valence-corrected chi connectivity index (χ3v) is 5.05. The average molecular weight is 293 g/mol. The summed E-state index contributed by atoms with van der Waals surface area (Å²) >= 11 is 0. The van der Waals surface area contributed by atoms with Gasteiger partial charge in [-0.1, -0.05) is 19.1 Å². The zero-order valence-electron chi connectivity index (χ0n) is 11.9. The molecule has 21 heavy (non-hydrogen) atoms. The number of fused-ring (bicyclic) bond motifs is 2. The predicted molar refractivity (Wildman–Crippen MR) is 75.2 cm³/mol. The number of benzene rings is 1. The quantitative estimate of drug-likeness (QED) is 0.897. The Morgan fingerprint density at radius 3 is 2.62 bits per heavy atom. The third-order valence-electron chi connectivity index (χ3n) is 5.05. The number of hydrogen-bond acceptors (Lipinski definition) is 3. The monoisotopic (exact) mass is 293 g/mol. The van der Waals surface area contributed by atoms with Crippen LogP contribution >= 0.6 is 0 Å². The molecule has 2 bridgehead atoms. The molecule has 0 saturated carbocycles. The average Bonchev–Trinajstić information content (AvgIpc) is 2.76. The van der Waals surface area contributed by atoms with E-state index in [2.05, 4.69) is 0 Å². The standard InChI is InChI=1S/C16H20FNO3/c1-9-13-7-6-12(8-14(9)19)18(13)15(16(20)21)10-2-4-11(17)5-3-10/h2-5,9,12-15,19H,6-8H2,1H3,(H,20,21). The Bertz CT molecular complexity index is 533. The van der Waals surface area contributed by atoms with E-state index in [0.717, 1.165) is 12.8 Å². The molecule has 0 amide bonds. The third kappa shape index (κ3) is 2.45. The van der Waals surface area contributed by atoms with Crippen LogP contribution in [0.3, 0.4) is 0 Å². The van der Waals surface area contributed by atoms with Crippen LogP contribution in [-0.2, 0) is 4.79 Å². The largest absolute Gasteiger partial charge is 0.480 e. The number of hydrogen-bond donors (Lipinski definition) is 2. The molecule has 5 atom stereocenters. The van der Waals surface area contributed by atoms with Gasteiger partial charge in [0.15, 0.2) is 0 Å². The Hall–Kier alpha value is -1.46. The number of rotatable bonds is 3. The first kappa shape index (κ1) is 14.5. The molecule has 2 N–H and O–H groups in total. The Labute approximate surface area is 123 Å². The first-order valence-electron chi connectivity index (χ1n) is 7.43. The lowest BCUT2D eigenvalue weighted by Crippen LogP contribution is -2.52. The van der Waals surface area contributed by atoms with Crippen molar-refractivity contribution < 1.29 is 19.4 Å². The lowest BCUT2D eigenvalue weighted by molar-refractivity contribution is -0.148. The molecule has 2 heterocycles. The molecular weight excluding hydrogens is 273 g/mol. The maximum atomic E-state index is 13.1. The highest BCUT2D eigenvalue weighted by molar-refractivity contribution is 5.75. The van der Waals surface area contributed by atoms with Gasteiger partial charge in [0.2, 0.25) is 0 Å². The van der Waals surface area contributed by atoms with Gasteiger partial charge in [-0.3, -0.25) is 9.69 Å². The van der Waals surface area contributed by atoms with Crippen molar-refractivity contribution in [3.8, 4) is 0 Å². The second-order valence-corrected chi connectivity index (χ2v) is 6.20. The molecular formula is C16H20FNO3. The van der Waals surface area contributed by atoms with E-state index >= 15 is 0 Å². The van der Waals surface area contributed by atoms with Crippen molar-refractivity contribution >= 4 is 5.97 Å². The number of carbonyl (C=O) groups is 1. The van der Waals surface area contributed by atoms with Crippen LogP contribution in [0.25, 0.3) is 0 Å². The molecule has 0 aliphatic carbocycles. The molecule has 1 aromatic rings. The molecule has 3 rings (SSSR count). The number of aliphatic hydroxyl groups excluding tert-OH is 1. The smallest absolute Gasteiger partial charge is 0.325 e. The summed E-state index contributed by atoms with van der Waals surface area (Å²) in [4.78, 5) is 13.8. The fourth-order valence-electron chi connectivity index (χ4n) is 3.95. The summed E-state index contributed by atoms with van der Waals surface area (Å²) in [6.45, 7) is 1.98. The van der Waals surface area contributed by atoms with Crippen LogP contribution in [0.2, 0.25) is 0 Å². The number of carboxylic acid groups (broad SMARTS) is 1. The van der Waals surface area contributed by atoms with E-state index in [1.165, 1.54) is 12.1 Å². The van der Waals surface area contributed by atoms with E-state index in [1.807, 2.05) is 11.8 Å². The summed E-state index contributed by atoms with van der Waals surface area (Å²) < 4.78 is 13.1. The van der Waals surface area contributed by atoms with Gasteiger partial charge in [0.05, 0.1) is 6.10 Å². The van der Waals surface area contributed by atoms with Crippen molar-refractivity contribution in [2.75, 3.05) is 0 Å². The lowest BCUT2D eigenvalue weighted by atomic mass is 9.87. The summed E-state index contributed by atoms with van der Waals surface area (Å²) in [5, 5.41) is 19.7. The van der Waals surface area contributed by atoms with E-state index in [9.17, 15) is 19.4 Å². The molecule has 2 saturated heterocycles. The van der Waals surface area contributed by atoms with Gasteiger partial charge >= 0.3 is 5.97 Å². The SMILES string of the molecule is CC1C(O)CC2CCC1N2C(C(=O)O)c1ccc(F)cc1. The van der Waals surface area contributed by atoms with Crippen LogP contribution < -0.4 is 0 Å². The van der Waals surface area contributed by atoms with E-state index in [-0.39, 0.29) is 29.9 Å². The van der Waals surface area contributed by atoms with Gasteiger partial charge in [0.25, 0.3) is 0 Å². The predicted octanol–water partition coefficient (Wildman–Crippen LogP) is 2.19. The highest BCUT2D eigenvalue weighted by Crippen LogP contribution is 2.44. The molecule has 0 aromatic heterocycles. The normalized spacial score (nSPS) is 33.9. The second kappa shape index (κ2) is 5.39. The van der Waals surface area contributed by atoms with E-state index < -0.39 is 12.0 Å². The minimum absolute atomic E-state index is 0.0612. The molecule has 4 nitrogen and oxygen atoms in total. The lowest BCUT2D eigenvalue weighted by Gasteiger charge is -2.44. The van der Waals surface area contributed by atoms with Gasteiger partial charge < -0.3 is 10.2 Å². The van der Waals surface area contributed by atoms with Gasteiger partial charge in [-0.15, -0.1) is 0 Å². The van der Waals surface area contributed by atoms with Crippen LogP contribution in [0, 0.1) is 11.7 Å². The number of piperidine rings is 1. The summed E-state index contributed by atoms with van der Waals surface area (Å²) in [6, 6.07) is 5.09. The van der Waals surface area contributed by atoms with Gasteiger partial charge in [-0.05, 0) is 42.9 Å². The number of halogens is 1. The molecule has 2 aliphatic rings. The summed E-state index contributed by atoms with van der Waals surface area (Å²) in [5.41, 5.74) is 0.601. The zero-order valence-corrected chi connectivity index (χ0v) is 11.9. The molecule has 2 fully saturated rings. The van der Waals surface area contributed by atoms with Crippen LogP contribution in [0.1, 0.15) is 37.8 Å².